The Bertz CT molecular complexity index is 1640. The third-order valence-electron chi connectivity index (χ3n) is 7.29. The molecule has 11 heteroatoms. The molecule has 3 aromatic carbocycles. The molecule has 0 aliphatic heterocycles. The molecule has 1 saturated carbocycles. The van der Waals surface area contributed by atoms with Gasteiger partial charge in [-0.1, -0.05) is 13.8 Å². The molecule has 4 aromatic rings. The molecule has 2 atom stereocenters. The molecule has 1 aliphatic carbocycles. The summed E-state index contributed by atoms with van der Waals surface area (Å²) in [5.41, 5.74) is 6.12. The van der Waals surface area contributed by atoms with Gasteiger partial charge in [0.05, 0.1) is 24.5 Å². The number of benzene rings is 3. The van der Waals surface area contributed by atoms with Crippen LogP contribution in [0.2, 0.25) is 0 Å². The molecule has 9 nitrogen and oxygen atoms in total. The van der Waals surface area contributed by atoms with Gasteiger partial charge >= 0.3 is 0 Å². The predicted molar refractivity (Wildman–Crippen MR) is 154 cm³/mol. The third kappa shape index (κ3) is 5.82. The SMILES string of the molecule is COc1cc2c(Oc3ccc(NC(=O)[C@H]4[C@@H](C(=O)Nc5ccc(F)cc5)C4(C)C)cc3F)ccnc2cc1OCCN. The molecule has 1 fully saturated rings. The van der Waals surface area contributed by atoms with Gasteiger partial charge in [-0.15, -0.1) is 0 Å². The lowest BCUT2D eigenvalue weighted by atomic mass is 10.1. The van der Waals surface area contributed by atoms with E-state index in [1.54, 1.807) is 18.2 Å². The van der Waals surface area contributed by atoms with Crippen molar-refractivity contribution in [2.75, 3.05) is 30.9 Å². The van der Waals surface area contributed by atoms with E-state index in [1.165, 1.54) is 49.7 Å². The number of hydrogen-bond donors (Lipinski definition) is 3. The molecular weight excluding hydrogens is 546 g/mol. The number of nitrogens with one attached hydrogen (secondary N) is 2. The van der Waals surface area contributed by atoms with E-state index < -0.39 is 34.8 Å². The first-order chi connectivity index (χ1) is 20.1. The second-order valence-corrected chi connectivity index (χ2v) is 10.5. The molecule has 1 heterocycles. The zero-order valence-electron chi connectivity index (χ0n) is 23.2. The topological polar surface area (TPSA) is 125 Å². The predicted octanol–water partition coefficient (Wildman–Crippen LogP) is 5.50. The summed E-state index contributed by atoms with van der Waals surface area (Å²) < 4.78 is 45.3. The second kappa shape index (κ2) is 11.6. The second-order valence-electron chi connectivity index (χ2n) is 10.5. The Balaban J connectivity index is 1.28. The van der Waals surface area contributed by atoms with E-state index in [-0.39, 0.29) is 17.3 Å². The minimum Gasteiger partial charge on any atom is -0.493 e. The summed E-state index contributed by atoms with van der Waals surface area (Å²) in [5, 5.41) is 6.00. The molecule has 1 aliphatic rings. The maximum Gasteiger partial charge on any atom is 0.228 e. The number of rotatable bonds is 10. The maximum atomic E-state index is 15.1. The maximum absolute atomic E-state index is 15.1. The number of carbonyl (C=O) groups is 2. The Morgan fingerprint density at radius 1 is 0.881 bits per heavy atom. The van der Waals surface area contributed by atoms with Gasteiger partial charge in [0.2, 0.25) is 11.8 Å². The summed E-state index contributed by atoms with van der Waals surface area (Å²) in [6, 6.07) is 14.4. The summed E-state index contributed by atoms with van der Waals surface area (Å²) in [5.74, 6) is -1.91. The lowest BCUT2D eigenvalue weighted by Gasteiger charge is -2.14. The first-order valence-electron chi connectivity index (χ1n) is 13.3. The molecule has 0 spiro atoms. The largest absolute Gasteiger partial charge is 0.493 e. The van der Waals surface area contributed by atoms with Crippen LogP contribution < -0.4 is 30.6 Å². The van der Waals surface area contributed by atoms with Crippen LogP contribution in [0.5, 0.6) is 23.0 Å². The van der Waals surface area contributed by atoms with Crippen LogP contribution in [0.1, 0.15) is 13.8 Å². The zero-order valence-corrected chi connectivity index (χ0v) is 23.2. The lowest BCUT2D eigenvalue weighted by molar-refractivity contribution is -0.122. The average molecular weight is 577 g/mol. The number of amides is 2. The molecule has 2 amide bonds. The molecule has 0 radical (unpaired) electrons. The van der Waals surface area contributed by atoms with Crippen LogP contribution in [0.4, 0.5) is 20.2 Å². The summed E-state index contributed by atoms with van der Waals surface area (Å²) in [7, 11) is 1.50. The molecule has 218 valence electrons. The lowest BCUT2D eigenvalue weighted by Crippen LogP contribution is -2.20. The molecule has 42 heavy (non-hydrogen) atoms. The van der Waals surface area contributed by atoms with Gasteiger partial charge in [-0.05, 0) is 53.9 Å². The number of anilines is 2. The highest BCUT2D eigenvalue weighted by molar-refractivity contribution is 6.04. The monoisotopic (exact) mass is 576 g/mol. The van der Waals surface area contributed by atoms with Crippen molar-refractivity contribution in [1.29, 1.82) is 0 Å². The van der Waals surface area contributed by atoms with Gasteiger partial charge in [0.15, 0.2) is 23.1 Å². The van der Waals surface area contributed by atoms with E-state index in [0.29, 0.717) is 47.0 Å². The van der Waals surface area contributed by atoms with Crippen LogP contribution in [0.25, 0.3) is 10.9 Å². The van der Waals surface area contributed by atoms with Crippen molar-refractivity contribution in [2.24, 2.45) is 23.0 Å². The van der Waals surface area contributed by atoms with Crippen molar-refractivity contribution in [3.8, 4) is 23.0 Å². The number of carbonyl (C=O) groups excluding carboxylic acids is 2. The number of nitrogens with zero attached hydrogens (tertiary/aromatic N) is 1. The van der Waals surface area contributed by atoms with Crippen molar-refractivity contribution in [3.05, 3.63) is 78.5 Å². The Morgan fingerprint density at radius 2 is 1.55 bits per heavy atom. The van der Waals surface area contributed by atoms with Crippen LogP contribution in [-0.4, -0.2) is 37.1 Å². The van der Waals surface area contributed by atoms with Crippen LogP contribution in [0.15, 0.2) is 66.9 Å². The summed E-state index contributed by atoms with van der Waals surface area (Å²) in [6.45, 7) is 4.25. The Kier molecular flexibility index (Phi) is 7.95. The molecular formula is C31H30F2N4O5. The quantitative estimate of drug-likeness (QED) is 0.228. The van der Waals surface area contributed by atoms with E-state index >= 15 is 4.39 Å². The number of fused-ring (bicyclic) bond motifs is 1. The van der Waals surface area contributed by atoms with E-state index in [4.69, 9.17) is 19.9 Å². The number of ether oxygens (including phenoxy) is 3. The number of hydrogen-bond acceptors (Lipinski definition) is 7. The van der Waals surface area contributed by atoms with Crippen molar-refractivity contribution in [2.45, 2.75) is 13.8 Å². The van der Waals surface area contributed by atoms with Gasteiger partial charge in [0.1, 0.15) is 18.2 Å². The minimum atomic E-state index is -0.701. The highest BCUT2D eigenvalue weighted by Gasteiger charge is 2.65. The molecule has 5 rings (SSSR count). The third-order valence-corrected chi connectivity index (χ3v) is 7.29. The van der Waals surface area contributed by atoms with E-state index in [0.717, 1.165) is 6.07 Å². The highest BCUT2D eigenvalue weighted by Crippen LogP contribution is 2.59. The average Bonchev–Trinajstić information content (AvgIpc) is 3.56. The number of nitrogens with two attached hydrogens (primary N) is 1. The zero-order chi connectivity index (χ0) is 30.0. The van der Waals surface area contributed by atoms with E-state index in [2.05, 4.69) is 15.6 Å². The van der Waals surface area contributed by atoms with Gasteiger partial charge in [-0.3, -0.25) is 14.6 Å². The molecule has 4 N–H and O–H groups in total. The fraction of sp³-hybridized carbons (Fsp3) is 0.258. The van der Waals surface area contributed by atoms with Gasteiger partial charge in [-0.2, -0.15) is 0 Å². The highest BCUT2D eigenvalue weighted by atomic mass is 19.1. The standard InChI is InChI=1S/C31H30F2N4O5/c1-31(2)27(29(38)36-18-6-4-17(32)5-7-18)28(31)30(39)37-19-8-9-24(21(33)14-19)42-23-10-12-35-22-16-26(41-13-11-34)25(40-3)15-20(22)23/h4-10,12,14-16,27-28H,11,13,34H2,1-3H3,(H,36,38)(H,37,39)/t27-,28+/m0/s1. The Morgan fingerprint density at radius 3 is 2.19 bits per heavy atom. The van der Waals surface area contributed by atoms with Gasteiger partial charge in [-0.25, -0.2) is 8.78 Å². The fourth-order valence-electron chi connectivity index (χ4n) is 5.03. The van der Waals surface area contributed by atoms with Gasteiger partial charge in [0, 0.05) is 41.6 Å². The number of aromatic nitrogens is 1. The molecule has 0 bridgehead atoms. The van der Waals surface area contributed by atoms with Crippen LogP contribution >= 0.6 is 0 Å². The Hall–Kier alpha value is -4.77. The fourth-order valence-corrected chi connectivity index (χ4v) is 5.03. The Labute approximate surface area is 241 Å². The minimum absolute atomic E-state index is 0.0637. The van der Waals surface area contributed by atoms with E-state index in [9.17, 15) is 14.0 Å². The van der Waals surface area contributed by atoms with Gasteiger partial charge in [0.25, 0.3) is 0 Å². The summed E-state index contributed by atoms with van der Waals surface area (Å²) >= 11 is 0. The van der Waals surface area contributed by atoms with Crippen molar-refractivity contribution in [1.82, 2.24) is 4.98 Å². The van der Waals surface area contributed by atoms with Crippen LogP contribution in [0, 0.1) is 28.9 Å². The molecule has 0 unspecified atom stereocenters. The van der Waals surface area contributed by atoms with Crippen molar-refractivity contribution < 1.29 is 32.6 Å². The molecule has 1 aromatic heterocycles. The molecule has 0 saturated heterocycles. The smallest absolute Gasteiger partial charge is 0.228 e. The first-order valence-corrected chi connectivity index (χ1v) is 13.3. The number of pyridine rings is 1. The van der Waals surface area contributed by atoms with Crippen LogP contribution in [-0.2, 0) is 9.59 Å². The van der Waals surface area contributed by atoms with E-state index in [1.807, 2.05) is 13.8 Å². The summed E-state index contributed by atoms with van der Waals surface area (Å²) in [6.07, 6.45) is 1.53. The van der Waals surface area contributed by atoms with Gasteiger partial charge < -0.3 is 30.6 Å². The first kappa shape index (κ1) is 28.7. The van der Waals surface area contributed by atoms with Crippen molar-refractivity contribution >= 4 is 34.1 Å². The number of methoxy groups -OCH3 is 1. The van der Waals surface area contributed by atoms with Crippen LogP contribution in [0.3, 0.4) is 0 Å². The number of halogens is 2. The normalized spacial score (nSPS) is 16.9. The summed E-state index contributed by atoms with van der Waals surface area (Å²) in [4.78, 5) is 30.2. The van der Waals surface area contributed by atoms with Crippen molar-refractivity contribution in [3.63, 3.8) is 0 Å².